The van der Waals surface area contributed by atoms with Gasteiger partial charge in [-0.1, -0.05) is 18.9 Å². The zero-order valence-corrected chi connectivity index (χ0v) is 12.7. The van der Waals surface area contributed by atoms with Gasteiger partial charge in [-0.3, -0.25) is 0 Å². The smallest absolute Gasteiger partial charge is 0.315 e. The summed E-state index contributed by atoms with van der Waals surface area (Å²) in [5, 5.41) is 15.3. The molecule has 0 radical (unpaired) electrons. The van der Waals surface area contributed by atoms with Crippen LogP contribution in [0.15, 0.2) is 24.3 Å². The van der Waals surface area contributed by atoms with Gasteiger partial charge in [-0.25, -0.2) is 9.18 Å². The Balaban J connectivity index is 1.71. The third-order valence-electron chi connectivity index (χ3n) is 3.73. The minimum Gasteiger partial charge on any atom is -0.489 e. The number of hydrogen-bond acceptors (Lipinski definition) is 3. The standard InChI is InChI=1S/C16H23FN2O3/c1-11(22-13-6-4-5-12(17)9-13)10-18-16(21)19-14-7-2-3-8-15(14)20/h4-6,9,11,14-15,20H,2-3,7-8,10H2,1H3,(H2,18,19,21). The van der Waals surface area contributed by atoms with E-state index in [9.17, 15) is 14.3 Å². The number of rotatable bonds is 5. The van der Waals surface area contributed by atoms with Crippen molar-refractivity contribution in [2.45, 2.75) is 50.9 Å². The van der Waals surface area contributed by atoms with Gasteiger partial charge in [0.2, 0.25) is 0 Å². The molecule has 122 valence electrons. The summed E-state index contributed by atoms with van der Waals surface area (Å²) >= 11 is 0. The van der Waals surface area contributed by atoms with Crippen molar-refractivity contribution in [3.05, 3.63) is 30.1 Å². The van der Waals surface area contributed by atoms with E-state index in [1.54, 1.807) is 19.1 Å². The lowest BCUT2D eigenvalue weighted by Crippen LogP contribution is -2.50. The number of hydrogen-bond donors (Lipinski definition) is 3. The summed E-state index contributed by atoms with van der Waals surface area (Å²) < 4.78 is 18.6. The zero-order valence-electron chi connectivity index (χ0n) is 12.7. The molecule has 1 aliphatic carbocycles. The van der Waals surface area contributed by atoms with E-state index in [0.717, 1.165) is 25.7 Å². The fourth-order valence-electron chi connectivity index (χ4n) is 2.55. The van der Waals surface area contributed by atoms with E-state index in [4.69, 9.17) is 4.74 Å². The molecule has 1 aliphatic rings. The molecule has 0 spiro atoms. The van der Waals surface area contributed by atoms with Gasteiger partial charge in [0.25, 0.3) is 0 Å². The summed E-state index contributed by atoms with van der Waals surface area (Å²) in [4.78, 5) is 11.8. The summed E-state index contributed by atoms with van der Waals surface area (Å²) in [6, 6.07) is 5.38. The van der Waals surface area contributed by atoms with Crippen LogP contribution < -0.4 is 15.4 Å². The van der Waals surface area contributed by atoms with Gasteiger partial charge in [-0.2, -0.15) is 0 Å². The molecular weight excluding hydrogens is 287 g/mol. The zero-order chi connectivity index (χ0) is 15.9. The number of amides is 2. The minimum absolute atomic E-state index is 0.187. The number of urea groups is 1. The third kappa shape index (κ3) is 5.18. The first-order chi connectivity index (χ1) is 10.5. The van der Waals surface area contributed by atoms with Crippen LogP contribution in [0, 0.1) is 5.82 Å². The molecule has 0 bridgehead atoms. The van der Waals surface area contributed by atoms with E-state index in [-0.39, 0.29) is 24.0 Å². The second-order valence-corrected chi connectivity index (χ2v) is 5.70. The highest BCUT2D eigenvalue weighted by Gasteiger charge is 2.24. The fourth-order valence-corrected chi connectivity index (χ4v) is 2.55. The average molecular weight is 310 g/mol. The Bertz CT molecular complexity index is 498. The minimum atomic E-state index is -0.472. The van der Waals surface area contributed by atoms with E-state index in [2.05, 4.69) is 10.6 Å². The quantitative estimate of drug-likeness (QED) is 0.781. The maximum Gasteiger partial charge on any atom is 0.315 e. The van der Waals surface area contributed by atoms with Gasteiger partial charge in [0.1, 0.15) is 17.7 Å². The van der Waals surface area contributed by atoms with Gasteiger partial charge >= 0.3 is 6.03 Å². The Morgan fingerprint density at radius 3 is 2.95 bits per heavy atom. The first kappa shape index (κ1) is 16.5. The summed E-state index contributed by atoms with van der Waals surface area (Å²) in [7, 11) is 0. The van der Waals surface area contributed by atoms with Crippen molar-refractivity contribution in [2.24, 2.45) is 0 Å². The Labute approximate surface area is 129 Å². The number of aliphatic hydroxyl groups is 1. The van der Waals surface area contributed by atoms with Crippen LogP contribution in [-0.4, -0.2) is 35.9 Å². The molecule has 1 aromatic rings. The number of nitrogens with one attached hydrogen (secondary N) is 2. The lowest BCUT2D eigenvalue weighted by atomic mass is 9.93. The molecule has 5 nitrogen and oxygen atoms in total. The Morgan fingerprint density at radius 2 is 2.23 bits per heavy atom. The van der Waals surface area contributed by atoms with E-state index >= 15 is 0 Å². The molecule has 2 amide bonds. The SMILES string of the molecule is CC(CNC(=O)NC1CCCCC1O)Oc1cccc(F)c1. The molecule has 3 unspecified atom stereocenters. The van der Waals surface area contributed by atoms with Crippen LogP contribution in [0.25, 0.3) is 0 Å². The molecule has 22 heavy (non-hydrogen) atoms. The van der Waals surface area contributed by atoms with Gasteiger partial charge < -0.3 is 20.5 Å². The molecule has 1 aromatic carbocycles. The number of carbonyl (C=O) groups excluding carboxylic acids is 1. The van der Waals surface area contributed by atoms with Gasteiger partial charge in [0.05, 0.1) is 18.7 Å². The number of benzene rings is 1. The summed E-state index contributed by atoms with van der Waals surface area (Å²) in [6.07, 6.45) is 2.78. The van der Waals surface area contributed by atoms with E-state index in [1.807, 2.05) is 0 Å². The van der Waals surface area contributed by atoms with Crippen LogP contribution in [0.1, 0.15) is 32.6 Å². The van der Waals surface area contributed by atoms with Crippen molar-refractivity contribution in [1.29, 1.82) is 0 Å². The van der Waals surface area contributed by atoms with Crippen molar-refractivity contribution in [3.63, 3.8) is 0 Å². The average Bonchev–Trinajstić information content (AvgIpc) is 2.48. The number of carbonyl (C=O) groups is 1. The molecular formula is C16H23FN2O3. The van der Waals surface area contributed by atoms with Crippen molar-refractivity contribution in [3.8, 4) is 5.75 Å². The predicted octanol–water partition coefficient (Wildman–Crippen LogP) is 2.20. The van der Waals surface area contributed by atoms with Gasteiger partial charge in [0.15, 0.2) is 0 Å². The highest BCUT2D eigenvalue weighted by molar-refractivity contribution is 5.74. The van der Waals surface area contributed by atoms with Crippen molar-refractivity contribution >= 4 is 6.03 Å². The summed E-state index contributed by atoms with van der Waals surface area (Å²) in [6.45, 7) is 2.09. The molecule has 0 saturated heterocycles. The van der Waals surface area contributed by atoms with Gasteiger partial charge in [-0.05, 0) is 31.9 Å². The molecule has 2 rings (SSSR count). The van der Waals surface area contributed by atoms with E-state index in [0.29, 0.717) is 12.3 Å². The maximum absolute atomic E-state index is 13.0. The number of halogens is 1. The van der Waals surface area contributed by atoms with Crippen molar-refractivity contribution in [1.82, 2.24) is 10.6 Å². The van der Waals surface area contributed by atoms with Gasteiger partial charge in [0, 0.05) is 6.07 Å². The van der Waals surface area contributed by atoms with Crippen LogP contribution in [0.3, 0.4) is 0 Å². The van der Waals surface area contributed by atoms with Crippen LogP contribution in [-0.2, 0) is 0 Å². The number of aliphatic hydroxyl groups excluding tert-OH is 1. The van der Waals surface area contributed by atoms with Crippen LogP contribution >= 0.6 is 0 Å². The highest BCUT2D eigenvalue weighted by Crippen LogP contribution is 2.18. The molecule has 3 atom stereocenters. The van der Waals surface area contributed by atoms with Crippen molar-refractivity contribution in [2.75, 3.05) is 6.54 Å². The molecule has 0 aliphatic heterocycles. The molecule has 6 heteroatoms. The van der Waals surface area contributed by atoms with E-state index in [1.165, 1.54) is 12.1 Å². The molecule has 1 fully saturated rings. The van der Waals surface area contributed by atoms with Crippen molar-refractivity contribution < 1.29 is 19.0 Å². The largest absolute Gasteiger partial charge is 0.489 e. The fraction of sp³-hybridized carbons (Fsp3) is 0.562. The molecule has 3 N–H and O–H groups in total. The van der Waals surface area contributed by atoms with E-state index < -0.39 is 6.10 Å². The maximum atomic E-state index is 13.0. The second kappa shape index (κ2) is 7.98. The Hall–Kier alpha value is -1.82. The lowest BCUT2D eigenvalue weighted by Gasteiger charge is -2.28. The molecule has 0 aromatic heterocycles. The normalized spacial score (nSPS) is 22.7. The predicted molar refractivity (Wildman–Crippen MR) is 81.3 cm³/mol. The highest BCUT2D eigenvalue weighted by atomic mass is 19.1. The molecule has 1 saturated carbocycles. The summed E-state index contributed by atoms with van der Waals surface area (Å²) in [5.74, 6) is 0.0686. The first-order valence-corrected chi connectivity index (χ1v) is 7.69. The van der Waals surface area contributed by atoms with Crippen LogP contribution in [0.5, 0.6) is 5.75 Å². The van der Waals surface area contributed by atoms with Gasteiger partial charge in [-0.15, -0.1) is 0 Å². The Kier molecular flexibility index (Phi) is 6.00. The Morgan fingerprint density at radius 1 is 1.45 bits per heavy atom. The van der Waals surface area contributed by atoms with Crippen LogP contribution in [0.2, 0.25) is 0 Å². The number of ether oxygens (including phenoxy) is 1. The third-order valence-corrected chi connectivity index (χ3v) is 3.73. The van der Waals surface area contributed by atoms with Crippen LogP contribution in [0.4, 0.5) is 9.18 Å². The monoisotopic (exact) mass is 310 g/mol. The lowest BCUT2D eigenvalue weighted by molar-refractivity contribution is 0.0940. The molecule has 0 heterocycles. The first-order valence-electron chi connectivity index (χ1n) is 7.69. The topological polar surface area (TPSA) is 70.6 Å². The summed E-state index contributed by atoms with van der Waals surface area (Å²) in [5.41, 5.74) is 0. The second-order valence-electron chi connectivity index (χ2n) is 5.70.